The van der Waals surface area contributed by atoms with Crippen LogP contribution in [-0.2, 0) is 14.3 Å². The molecule has 4 atom stereocenters. The molecule has 1 aromatic carbocycles. The zero-order valence-corrected chi connectivity index (χ0v) is 20.3. The minimum Gasteiger partial charge on any atom is -0.444 e. The first kappa shape index (κ1) is 25.7. The van der Waals surface area contributed by atoms with Crippen LogP contribution in [0.25, 0.3) is 0 Å². The molecule has 32 heavy (non-hydrogen) atoms. The molecule has 1 aliphatic rings. The molecule has 7 nitrogen and oxygen atoms in total. The number of carbonyl (C=O) groups excluding carboxylic acids is 3. The first-order chi connectivity index (χ1) is 15.0. The van der Waals surface area contributed by atoms with Crippen molar-refractivity contribution in [3.8, 4) is 0 Å². The Morgan fingerprint density at radius 2 is 1.78 bits per heavy atom. The molecular weight excluding hydrogens is 406 g/mol. The highest BCUT2D eigenvalue weighted by Crippen LogP contribution is 2.40. The molecule has 0 heterocycles. The zero-order chi connectivity index (χ0) is 23.9. The van der Waals surface area contributed by atoms with Crippen LogP contribution in [0.5, 0.6) is 0 Å². The maximum Gasteiger partial charge on any atom is 0.408 e. The molecule has 1 saturated carbocycles. The Morgan fingerprint density at radius 1 is 1.16 bits per heavy atom. The Morgan fingerprint density at radius 3 is 2.31 bits per heavy atom. The monoisotopic (exact) mass is 445 g/mol. The second kappa shape index (κ2) is 11.3. The number of nitrogens with one attached hydrogen (secondary N) is 2. The van der Waals surface area contributed by atoms with E-state index in [1.165, 1.54) is 0 Å². The van der Waals surface area contributed by atoms with Crippen LogP contribution in [0.4, 0.5) is 4.79 Å². The molecule has 0 aromatic heterocycles. The molecule has 7 heteroatoms. The van der Waals surface area contributed by atoms with Gasteiger partial charge in [-0.3, -0.25) is 9.59 Å². The van der Waals surface area contributed by atoms with Crippen molar-refractivity contribution in [1.82, 2.24) is 15.5 Å². The van der Waals surface area contributed by atoms with Gasteiger partial charge in [-0.05, 0) is 52.0 Å². The number of benzene rings is 1. The molecule has 2 N–H and O–H groups in total. The van der Waals surface area contributed by atoms with Gasteiger partial charge in [0.05, 0.1) is 0 Å². The van der Waals surface area contributed by atoms with Crippen LogP contribution in [0.3, 0.4) is 0 Å². The van der Waals surface area contributed by atoms with E-state index in [-0.39, 0.29) is 17.9 Å². The first-order valence-corrected chi connectivity index (χ1v) is 11.7. The summed E-state index contributed by atoms with van der Waals surface area (Å²) in [4.78, 5) is 40.8. The minimum atomic E-state index is -0.822. The van der Waals surface area contributed by atoms with Gasteiger partial charge < -0.3 is 20.3 Å². The Balaban J connectivity index is 2.25. The highest BCUT2D eigenvalue weighted by atomic mass is 16.6. The summed E-state index contributed by atoms with van der Waals surface area (Å²) in [5.41, 5.74) is 0.0973. The third-order valence-corrected chi connectivity index (χ3v) is 5.50. The second-order valence-electron chi connectivity index (χ2n) is 9.71. The van der Waals surface area contributed by atoms with Gasteiger partial charge in [0.1, 0.15) is 17.7 Å². The molecule has 0 saturated heterocycles. The minimum absolute atomic E-state index is 0.0445. The molecule has 4 unspecified atom stereocenters. The van der Waals surface area contributed by atoms with E-state index >= 15 is 0 Å². The topological polar surface area (TPSA) is 87.7 Å². The van der Waals surface area contributed by atoms with Crippen molar-refractivity contribution in [2.24, 2.45) is 5.92 Å². The Labute approximate surface area is 192 Å². The molecular formula is C25H39N3O4. The van der Waals surface area contributed by atoms with Crippen molar-refractivity contribution >= 4 is 17.9 Å². The molecule has 0 spiro atoms. The lowest BCUT2D eigenvalue weighted by Crippen LogP contribution is -2.53. The van der Waals surface area contributed by atoms with E-state index in [1.807, 2.05) is 30.3 Å². The van der Waals surface area contributed by atoms with Crippen LogP contribution >= 0.6 is 0 Å². The molecule has 0 radical (unpaired) electrons. The quantitative estimate of drug-likeness (QED) is 0.529. The van der Waals surface area contributed by atoms with Crippen molar-refractivity contribution in [3.63, 3.8) is 0 Å². The molecule has 0 bridgehead atoms. The number of ether oxygens (including phenoxy) is 1. The highest BCUT2D eigenvalue weighted by Gasteiger charge is 2.47. The number of rotatable bonds is 10. The fourth-order valence-corrected chi connectivity index (χ4v) is 3.70. The summed E-state index contributed by atoms with van der Waals surface area (Å²) in [5, 5.41) is 5.65. The number of carbonyl (C=O) groups is 3. The third kappa shape index (κ3) is 7.53. The van der Waals surface area contributed by atoms with E-state index in [1.54, 1.807) is 32.6 Å². The Kier molecular flexibility index (Phi) is 9.10. The summed E-state index contributed by atoms with van der Waals surface area (Å²) in [6.07, 6.45) is 3.18. The highest BCUT2D eigenvalue weighted by molar-refractivity contribution is 5.92. The van der Waals surface area contributed by atoms with Gasteiger partial charge in [0.15, 0.2) is 0 Å². The van der Waals surface area contributed by atoms with E-state index in [4.69, 9.17) is 4.74 Å². The number of hydrogen-bond donors (Lipinski definition) is 2. The van der Waals surface area contributed by atoms with Crippen LogP contribution in [0.15, 0.2) is 30.3 Å². The van der Waals surface area contributed by atoms with Gasteiger partial charge in [-0.1, -0.05) is 57.0 Å². The predicted octanol–water partition coefficient (Wildman–Crippen LogP) is 4.18. The van der Waals surface area contributed by atoms with Gasteiger partial charge in [-0.15, -0.1) is 0 Å². The number of alkyl carbamates (subject to hydrolysis) is 1. The number of amides is 3. The van der Waals surface area contributed by atoms with E-state index in [2.05, 4.69) is 24.5 Å². The normalized spacial score (nSPS) is 19.4. The average molecular weight is 446 g/mol. The van der Waals surface area contributed by atoms with Gasteiger partial charge >= 0.3 is 6.09 Å². The maximum atomic E-state index is 13.5. The van der Waals surface area contributed by atoms with E-state index < -0.39 is 23.8 Å². The van der Waals surface area contributed by atoms with Gasteiger partial charge in [-0.25, -0.2) is 4.79 Å². The molecule has 1 aliphatic carbocycles. The van der Waals surface area contributed by atoms with Crippen LogP contribution in [-0.4, -0.2) is 47.0 Å². The average Bonchev–Trinajstić information content (AvgIpc) is 3.43. The molecule has 2 rings (SSSR count). The van der Waals surface area contributed by atoms with Gasteiger partial charge in [0.25, 0.3) is 0 Å². The van der Waals surface area contributed by atoms with Gasteiger partial charge in [0, 0.05) is 12.6 Å². The van der Waals surface area contributed by atoms with E-state index in [9.17, 15) is 14.4 Å². The largest absolute Gasteiger partial charge is 0.444 e. The molecule has 1 fully saturated rings. The Hall–Kier alpha value is -2.57. The lowest BCUT2D eigenvalue weighted by Gasteiger charge is -2.34. The molecule has 0 aliphatic heterocycles. The molecule has 178 valence electrons. The summed E-state index contributed by atoms with van der Waals surface area (Å²) < 4.78 is 5.30. The smallest absolute Gasteiger partial charge is 0.408 e. The molecule has 3 amide bonds. The summed E-state index contributed by atoms with van der Waals surface area (Å²) >= 11 is 0. The van der Waals surface area contributed by atoms with E-state index in [0.717, 1.165) is 31.2 Å². The fourth-order valence-electron chi connectivity index (χ4n) is 3.70. The first-order valence-electron chi connectivity index (χ1n) is 11.7. The maximum absolute atomic E-state index is 13.5. The second-order valence-corrected chi connectivity index (χ2v) is 9.71. The summed E-state index contributed by atoms with van der Waals surface area (Å²) in [6, 6.07) is 7.75. The van der Waals surface area contributed by atoms with Crippen LogP contribution in [0.2, 0.25) is 0 Å². The van der Waals surface area contributed by atoms with Crippen LogP contribution in [0.1, 0.15) is 78.8 Å². The fraction of sp³-hybridized carbons (Fsp3) is 0.640. The summed E-state index contributed by atoms with van der Waals surface area (Å²) in [5.74, 6) is -0.182. The van der Waals surface area contributed by atoms with Crippen molar-refractivity contribution in [3.05, 3.63) is 35.9 Å². The Bertz CT molecular complexity index is 775. The van der Waals surface area contributed by atoms with Crippen molar-refractivity contribution in [2.45, 2.75) is 91.0 Å². The number of unbranched alkanes of at least 4 members (excludes halogenated alkanes) is 2. The van der Waals surface area contributed by atoms with Gasteiger partial charge in [0.2, 0.25) is 11.8 Å². The van der Waals surface area contributed by atoms with Crippen molar-refractivity contribution in [1.29, 1.82) is 0 Å². The molecule has 1 aromatic rings. The van der Waals surface area contributed by atoms with Gasteiger partial charge in [-0.2, -0.15) is 0 Å². The summed E-state index contributed by atoms with van der Waals surface area (Å²) in [7, 11) is 0. The van der Waals surface area contributed by atoms with Crippen LogP contribution < -0.4 is 10.6 Å². The number of nitrogens with zero attached hydrogens (tertiary/aromatic N) is 1. The number of hydrogen-bond acceptors (Lipinski definition) is 4. The van der Waals surface area contributed by atoms with Crippen molar-refractivity contribution in [2.75, 3.05) is 6.54 Å². The lowest BCUT2D eigenvalue weighted by molar-refractivity contribution is -0.143. The lowest BCUT2D eigenvalue weighted by atomic mass is 10.0. The third-order valence-electron chi connectivity index (χ3n) is 5.50. The predicted molar refractivity (Wildman–Crippen MR) is 125 cm³/mol. The SMILES string of the molecule is CCCCCNC(=O)C(c1ccccc1)N(C(=O)C(C)NC(=O)OC(C)(C)C)C1CC1C. The standard InChI is InChI=1S/C25H39N3O4/c1-7-8-12-15-26-22(29)21(19-13-10-9-11-14-19)28(20-16-17(20)2)23(30)18(3)27-24(31)32-25(4,5)6/h9-11,13-14,17-18,20-21H,7-8,12,15-16H2,1-6H3,(H,26,29)(H,27,31). The van der Waals surface area contributed by atoms with Crippen LogP contribution in [0, 0.1) is 5.92 Å². The van der Waals surface area contributed by atoms with Crippen molar-refractivity contribution < 1.29 is 19.1 Å². The summed E-state index contributed by atoms with van der Waals surface area (Å²) in [6.45, 7) is 11.7. The zero-order valence-electron chi connectivity index (χ0n) is 20.3. The van der Waals surface area contributed by atoms with E-state index in [0.29, 0.717) is 12.5 Å².